The topological polar surface area (TPSA) is 84.3 Å². The molecular weight excluding hydrogens is 244 g/mol. The summed E-state index contributed by atoms with van der Waals surface area (Å²) in [7, 11) is 0. The fraction of sp³-hybridized carbons (Fsp3) is 0.400. The zero-order valence-electron chi connectivity index (χ0n) is 9.12. The lowest BCUT2D eigenvalue weighted by molar-refractivity contribution is -0.0116. The highest BCUT2D eigenvalue weighted by molar-refractivity contribution is 8.02. The number of rotatable bonds is 3. The van der Waals surface area contributed by atoms with Gasteiger partial charge in [-0.25, -0.2) is 4.79 Å². The molecule has 0 aromatic carbocycles. The first kappa shape index (κ1) is 12.2. The molecule has 0 saturated heterocycles. The third-order valence-corrected chi connectivity index (χ3v) is 3.23. The van der Waals surface area contributed by atoms with Crippen molar-refractivity contribution in [3.05, 3.63) is 44.1 Å². The molecule has 92 valence electrons. The van der Waals surface area contributed by atoms with E-state index in [1.165, 1.54) is 28.6 Å². The van der Waals surface area contributed by atoms with Crippen molar-refractivity contribution < 1.29 is 9.84 Å². The van der Waals surface area contributed by atoms with Crippen LogP contribution in [0.25, 0.3) is 0 Å². The van der Waals surface area contributed by atoms with Crippen LogP contribution in [0.5, 0.6) is 0 Å². The smallest absolute Gasteiger partial charge is 0.330 e. The highest BCUT2D eigenvalue weighted by atomic mass is 32.2. The number of hydrogen-bond acceptors (Lipinski definition) is 5. The summed E-state index contributed by atoms with van der Waals surface area (Å²) in [5.74, 6) is 0. The molecular formula is C10H12N2O4S. The highest BCUT2D eigenvalue weighted by Gasteiger charge is 2.28. The van der Waals surface area contributed by atoms with E-state index in [1.54, 1.807) is 6.08 Å². The molecule has 0 unspecified atom stereocenters. The van der Waals surface area contributed by atoms with Crippen LogP contribution in [0.1, 0.15) is 6.23 Å². The summed E-state index contributed by atoms with van der Waals surface area (Å²) in [4.78, 5) is 25.6. The Labute approximate surface area is 101 Å². The summed E-state index contributed by atoms with van der Waals surface area (Å²) in [5, 5.41) is 9.03. The standard InChI is InChI=1S/C10H12N2O4S/c1-17-7-4-6(5-13)16-9(7)12-3-2-8(14)11-10(12)15/h2-4,6,9,13H,5H2,1H3,(H,11,14,15)/t6-,9+/m0/s1. The van der Waals surface area contributed by atoms with Gasteiger partial charge in [-0.15, -0.1) is 11.8 Å². The van der Waals surface area contributed by atoms with E-state index in [-0.39, 0.29) is 6.61 Å². The first-order valence-corrected chi connectivity index (χ1v) is 6.21. The van der Waals surface area contributed by atoms with Gasteiger partial charge in [-0.2, -0.15) is 0 Å². The van der Waals surface area contributed by atoms with Crippen LogP contribution in [-0.4, -0.2) is 33.6 Å². The molecule has 0 fully saturated rings. The van der Waals surface area contributed by atoms with Gasteiger partial charge in [-0.1, -0.05) is 0 Å². The molecule has 2 rings (SSSR count). The second kappa shape index (κ2) is 4.91. The fourth-order valence-electron chi connectivity index (χ4n) is 1.62. The third kappa shape index (κ3) is 2.36. The van der Waals surface area contributed by atoms with Crippen molar-refractivity contribution in [3.8, 4) is 0 Å². The van der Waals surface area contributed by atoms with Gasteiger partial charge in [-0.05, 0) is 12.3 Å². The van der Waals surface area contributed by atoms with Crippen LogP contribution in [0.15, 0.2) is 32.8 Å². The maximum atomic E-state index is 11.6. The normalized spacial score (nSPS) is 23.8. The van der Waals surface area contributed by atoms with Crippen molar-refractivity contribution in [1.29, 1.82) is 0 Å². The van der Waals surface area contributed by atoms with Crippen molar-refractivity contribution in [2.45, 2.75) is 12.3 Å². The van der Waals surface area contributed by atoms with E-state index in [9.17, 15) is 9.59 Å². The number of thioether (sulfide) groups is 1. The minimum atomic E-state index is -0.577. The Hall–Kier alpha value is -1.31. The molecule has 1 aliphatic heterocycles. The first-order valence-electron chi connectivity index (χ1n) is 4.99. The molecule has 0 bridgehead atoms. The summed E-state index contributed by atoms with van der Waals surface area (Å²) < 4.78 is 6.79. The third-order valence-electron chi connectivity index (χ3n) is 2.42. The number of H-pyrrole nitrogens is 1. The number of hydrogen-bond donors (Lipinski definition) is 2. The van der Waals surface area contributed by atoms with Gasteiger partial charge in [-0.3, -0.25) is 14.3 Å². The Morgan fingerprint density at radius 2 is 2.35 bits per heavy atom. The molecule has 0 amide bonds. The highest BCUT2D eigenvalue weighted by Crippen LogP contribution is 2.34. The summed E-state index contributed by atoms with van der Waals surface area (Å²) in [6, 6.07) is 1.26. The number of aromatic nitrogens is 2. The van der Waals surface area contributed by atoms with Gasteiger partial charge in [0.1, 0.15) is 6.10 Å². The number of nitrogens with one attached hydrogen (secondary N) is 1. The van der Waals surface area contributed by atoms with Gasteiger partial charge in [0, 0.05) is 17.2 Å². The lowest BCUT2D eigenvalue weighted by Crippen LogP contribution is -2.32. The fourth-order valence-corrected chi connectivity index (χ4v) is 2.28. The molecule has 1 aromatic heterocycles. The molecule has 0 saturated carbocycles. The molecule has 0 aliphatic carbocycles. The van der Waals surface area contributed by atoms with Crippen LogP contribution < -0.4 is 11.2 Å². The second-order valence-corrected chi connectivity index (χ2v) is 4.38. The maximum absolute atomic E-state index is 11.6. The van der Waals surface area contributed by atoms with E-state index < -0.39 is 23.6 Å². The van der Waals surface area contributed by atoms with Crippen molar-refractivity contribution in [2.24, 2.45) is 0 Å². The van der Waals surface area contributed by atoms with E-state index in [0.29, 0.717) is 0 Å². The summed E-state index contributed by atoms with van der Waals surface area (Å²) in [6.45, 7) is -0.140. The number of ether oxygens (including phenoxy) is 1. The molecule has 2 atom stereocenters. The second-order valence-electron chi connectivity index (χ2n) is 3.50. The van der Waals surface area contributed by atoms with Crippen LogP contribution >= 0.6 is 11.8 Å². The maximum Gasteiger partial charge on any atom is 0.330 e. The van der Waals surface area contributed by atoms with E-state index in [4.69, 9.17) is 9.84 Å². The van der Waals surface area contributed by atoms with Crippen LogP contribution in [0.2, 0.25) is 0 Å². The summed E-state index contributed by atoms with van der Waals surface area (Å²) >= 11 is 1.44. The van der Waals surface area contributed by atoms with E-state index in [2.05, 4.69) is 4.98 Å². The molecule has 0 radical (unpaired) electrons. The largest absolute Gasteiger partial charge is 0.393 e. The molecule has 1 aliphatic rings. The number of nitrogens with zero attached hydrogens (tertiary/aromatic N) is 1. The Morgan fingerprint density at radius 3 is 2.94 bits per heavy atom. The predicted molar refractivity (Wildman–Crippen MR) is 63.9 cm³/mol. The predicted octanol–water partition coefficient (Wildman–Crippen LogP) is -0.327. The lowest BCUT2D eigenvalue weighted by Gasteiger charge is -2.17. The van der Waals surface area contributed by atoms with Gasteiger partial charge >= 0.3 is 5.69 Å². The number of aromatic amines is 1. The molecule has 17 heavy (non-hydrogen) atoms. The minimum absolute atomic E-state index is 0.140. The van der Waals surface area contributed by atoms with Crippen LogP contribution in [0, 0.1) is 0 Å². The monoisotopic (exact) mass is 256 g/mol. The summed E-state index contributed by atoms with van der Waals surface area (Å²) in [5.41, 5.74) is -0.973. The van der Waals surface area contributed by atoms with Crippen LogP contribution in [0.4, 0.5) is 0 Å². The van der Waals surface area contributed by atoms with Crippen LogP contribution in [0.3, 0.4) is 0 Å². The van der Waals surface area contributed by atoms with Crippen LogP contribution in [-0.2, 0) is 4.74 Å². The Bertz CT molecular complexity index is 548. The van der Waals surface area contributed by atoms with Gasteiger partial charge in [0.05, 0.1) is 6.61 Å². The molecule has 6 nitrogen and oxygen atoms in total. The van der Waals surface area contributed by atoms with Gasteiger partial charge in [0.15, 0.2) is 6.23 Å². The lowest BCUT2D eigenvalue weighted by atomic mass is 10.4. The zero-order chi connectivity index (χ0) is 12.4. The van der Waals surface area contributed by atoms with Gasteiger partial charge in [0.2, 0.25) is 0 Å². The van der Waals surface area contributed by atoms with Gasteiger partial charge in [0.25, 0.3) is 5.56 Å². The van der Waals surface area contributed by atoms with E-state index in [0.717, 1.165) is 4.91 Å². The van der Waals surface area contributed by atoms with Crippen molar-refractivity contribution in [3.63, 3.8) is 0 Å². The zero-order valence-corrected chi connectivity index (χ0v) is 9.94. The van der Waals surface area contributed by atoms with E-state index >= 15 is 0 Å². The molecule has 2 heterocycles. The van der Waals surface area contributed by atoms with Crippen molar-refractivity contribution in [1.82, 2.24) is 9.55 Å². The average Bonchev–Trinajstić information content (AvgIpc) is 2.72. The number of aliphatic hydroxyl groups excluding tert-OH is 1. The molecule has 7 heteroatoms. The van der Waals surface area contributed by atoms with Gasteiger partial charge < -0.3 is 9.84 Å². The average molecular weight is 256 g/mol. The van der Waals surface area contributed by atoms with Crippen molar-refractivity contribution in [2.75, 3.05) is 12.9 Å². The molecule has 2 N–H and O–H groups in total. The Morgan fingerprint density at radius 1 is 1.59 bits per heavy atom. The first-order chi connectivity index (χ1) is 8.15. The molecule has 0 spiro atoms. The Kier molecular flexibility index (Phi) is 3.51. The minimum Gasteiger partial charge on any atom is -0.393 e. The quantitative estimate of drug-likeness (QED) is 0.774. The summed E-state index contributed by atoms with van der Waals surface area (Å²) in [6.07, 6.45) is 4.02. The number of aliphatic hydroxyl groups is 1. The van der Waals surface area contributed by atoms with E-state index in [1.807, 2.05) is 6.26 Å². The molecule has 1 aromatic rings. The van der Waals surface area contributed by atoms with Crippen molar-refractivity contribution >= 4 is 11.8 Å². The Balaban J connectivity index is 2.38. The SMILES string of the molecule is CSC1=C[C@@H](CO)O[C@H]1n1ccc(=O)[nH]c1=O.